The Morgan fingerprint density at radius 1 is 1.58 bits per heavy atom. The molecule has 1 aliphatic carbocycles. The number of carbonyl (C=O) groups excluding carboxylic acids is 1. The summed E-state index contributed by atoms with van der Waals surface area (Å²) in [6, 6.07) is 7.34. The number of furan rings is 1. The standard InChI is InChI=1S/C14H12N2O3/c1-2-18-13(17)10-5-6-14(8-15,9-16)12(10)11-4-3-7-19-11/h3-5,7,12H,2,6H2,1H3/t12-/m1/s1. The molecule has 1 aliphatic rings. The first-order valence-electron chi connectivity index (χ1n) is 5.91. The Kier molecular flexibility index (Phi) is 3.39. The summed E-state index contributed by atoms with van der Waals surface area (Å²) in [5, 5.41) is 18.6. The third-order valence-corrected chi connectivity index (χ3v) is 3.19. The molecule has 5 heteroatoms. The minimum atomic E-state index is -1.31. The monoisotopic (exact) mass is 256 g/mol. The number of allylic oxidation sites excluding steroid dienone is 1. The van der Waals surface area contributed by atoms with Crippen molar-refractivity contribution in [2.24, 2.45) is 5.41 Å². The van der Waals surface area contributed by atoms with Gasteiger partial charge in [0.2, 0.25) is 0 Å². The Hall–Kier alpha value is -2.53. The van der Waals surface area contributed by atoms with Gasteiger partial charge in [0, 0.05) is 5.57 Å². The zero-order valence-corrected chi connectivity index (χ0v) is 10.4. The summed E-state index contributed by atoms with van der Waals surface area (Å²) in [6.07, 6.45) is 3.24. The second-order valence-corrected chi connectivity index (χ2v) is 4.23. The van der Waals surface area contributed by atoms with Crippen molar-refractivity contribution in [2.45, 2.75) is 19.3 Å². The van der Waals surface area contributed by atoms with Crippen molar-refractivity contribution in [3.05, 3.63) is 35.8 Å². The lowest BCUT2D eigenvalue weighted by Gasteiger charge is -2.21. The molecule has 0 saturated heterocycles. The van der Waals surface area contributed by atoms with Crippen LogP contribution in [0.15, 0.2) is 34.5 Å². The molecule has 2 rings (SSSR count). The van der Waals surface area contributed by atoms with Crippen molar-refractivity contribution in [3.63, 3.8) is 0 Å². The van der Waals surface area contributed by atoms with E-state index in [4.69, 9.17) is 9.15 Å². The zero-order valence-electron chi connectivity index (χ0n) is 10.4. The Balaban J connectivity index is 2.45. The second-order valence-electron chi connectivity index (χ2n) is 4.23. The molecule has 0 unspecified atom stereocenters. The highest BCUT2D eigenvalue weighted by atomic mass is 16.5. The number of nitrogens with zero attached hydrogens (tertiary/aromatic N) is 2. The van der Waals surface area contributed by atoms with Crippen molar-refractivity contribution in [1.82, 2.24) is 0 Å². The predicted molar refractivity (Wildman–Crippen MR) is 64.4 cm³/mol. The molecule has 0 saturated carbocycles. The van der Waals surface area contributed by atoms with Crippen LogP contribution >= 0.6 is 0 Å². The van der Waals surface area contributed by atoms with Crippen LogP contribution in [0, 0.1) is 28.1 Å². The van der Waals surface area contributed by atoms with E-state index in [1.165, 1.54) is 6.26 Å². The van der Waals surface area contributed by atoms with E-state index in [0.717, 1.165) is 0 Å². The average molecular weight is 256 g/mol. The summed E-state index contributed by atoms with van der Waals surface area (Å²) in [5.74, 6) is -0.771. The number of ether oxygens (including phenoxy) is 1. The average Bonchev–Trinajstić information content (AvgIpc) is 3.06. The van der Waals surface area contributed by atoms with Gasteiger partial charge in [-0.25, -0.2) is 4.79 Å². The van der Waals surface area contributed by atoms with E-state index in [-0.39, 0.29) is 13.0 Å². The fourth-order valence-electron chi connectivity index (χ4n) is 2.28. The summed E-state index contributed by atoms with van der Waals surface area (Å²) >= 11 is 0. The molecular formula is C14H12N2O3. The Labute approximate surface area is 110 Å². The van der Waals surface area contributed by atoms with Crippen molar-refractivity contribution in [2.75, 3.05) is 6.61 Å². The minimum Gasteiger partial charge on any atom is -0.469 e. The van der Waals surface area contributed by atoms with Crippen LogP contribution < -0.4 is 0 Å². The molecule has 0 spiro atoms. The van der Waals surface area contributed by atoms with Gasteiger partial charge in [0.25, 0.3) is 0 Å². The van der Waals surface area contributed by atoms with Gasteiger partial charge in [0.15, 0.2) is 5.41 Å². The van der Waals surface area contributed by atoms with E-state index in [2.05, 4.69) is 0 Å². The van der Waals surface area contributed by atoms with Gasteiger partial charge in [-0.3, -0.25) is 0 Å². The number of hydrogen-bond donors (Lipinski definition) is 0. The van der Waals surface area contributed by atoms with Gasteiger partial charge in [0.1, 0.15) is 5.76 Å². The topological polar surface area (TPSA) is 87.0 Å². The van der Waals surface area contributed by atoms with Gasteiger partial charge in [-0.05, 0) is 25.5 Å². The Morgan fingerprint density at radius 2 is 2.32 bits per heavy atom. The predicted octanol–water partition coefficient (Wildman–Crippen LogP) is 2.29. The van der Waals surface area contributed by atoms with E-state index in [1.807, 2.05) is 12.1 Å². The largest absolute Gasteiger partial charge is 0.469 e. The Morgan fingerprint density at radius 3 is 2.84 bits per heavy atom. The van der Waals surface area contributed by atoms with E-state index in [1.54, 1.807) is 25.1 Å². The first-order valence-corrected chi connectivity index (χ1v) is 5.91. The van der Waals surface area contributed by atoms with Gasteiger partial charge < -0.3 is 9.15 Å². The van der Waals surface area contributed by atoms with Crippen LogP contribution in [-0.2, 0) is 9.53 Å². The third-order valence-electron chi connectivity index (χ3n) is 3.19. The molecule has 1 aromatic heterocycles. The summed E-state index contributed by atoms with van der Waals surface area (Å²) in [5.41, 5.74) is -0.986. The molecular weight excluding hydrogens is 244 g/mol. The van der Waals surface area contributed by atoms with Crippen molar-refractivity contribution in [3.8, 4) is 12.1 Å². The van der Waals surface area contributed by atoms with Crippen LogP contribution in [-0.4, -0.2) is 12.6 Å². The van der Waals surface area contributed by atoms with Crippen LogP contribution in [0.5, 0.6) is 0 Å². The van der Waals surface area contributed by atoms with Crippen LogP contribution in [0.4, 0.5) is 0 Å². The van der Waals surface area contributed by atoms with E-state index in [0.29, 0.717) is 11.3 Å². The van der Waals surface area contributed by atoms with Gasteiger partial charge in [-0.1, -0.05) is 6.08 Å². The zero-order chi connectivity index (χ0) is 13.9. The van der Waals surface area contributed by atoms with E-state index >= 15 is 0 Å². The fourth-order valence-corrected chi connectivity index (χ4v) is 2.28. The van der Waals surface area contributed by atoms with Crippen LogP contribution in [0.3, 0.4) is 0 Å². The number of carbonyl (C=O) groups is 1. The first-order chi connectivity index (χ1) is 9.18. The highest BCUT2D eigenvalue weighted by Crippen LogP contribution is 2.49. The molecule has 0 radical (unpaired) electrons. The third kappa shape index (κ3) is 2.00. The maximum Gasteiger partial charge on any atom is 0.334 e. The summed E-state index contributed by atoms with van der Waals surface area (Å²) in [6.45, 7) is 1.95. The number of hydrogen-bond acceptors (Lipinski definition) is 5. The first kappa shape index (κ1) is 12.9. The molecule has 96 valence electrons. The van der Waals surface area contributed by atoms with Crippen LogP contribution in [0.1, 0.15) is 25.0 Å². The quantitative estimate of drug-likeness (QED) is 0.774. The van der Waals surface area contributed by atoms with Crippen molar-refractivity contribution < 1.29 is 13.9 Å². The highest BCUT2D eigenvalue weighted by molar-refractivity contribution is 5.91. The molecule has 0 bridgehead atoms. The lowest BCUT2D eigenvalue weighted by Crippen LogP contribution is -2.25. The highest BCUT2D eigenvalue weighted by Gasteiger charge is 2.50. The molecule has 1 heterocycles. The molecule has 19 heavy (non-hydrogen) atoms. The maximum atomic E-state index is 11.9. The molecule has 0 fully saturated rings. The van der Waals surface area contributed by atoms with Crippen molar-refractivity contribution >= 4 is 5.97 Å². The summed E-state index contributed by atoms with van der Waals surface area (Å²) < 4.78 is 10.3. The lowest BCUT2D eigenvalue weighted by atomic mass is 9.76. The smallest absolute Gasteiger partial charge is 0.334 e. The SMILES string of the molecule is CCOC(=O)C1=CCC(C#N)(C#N)[C@H]1c1ccco1. The van der Waals surface area contributed by atoms with Gasteiger partial charge >= 0.3 is 5.97 Å². The maximum absolute atomic E-state index is 11.9. The fraction of sp³-hybridized carbons (Fsp3) is 0.357. The van der Waals surface area contributed by atoms with Gasteiger partial charge in [-0.2, -0.15) is 10.5 Å². The molecule has 0 amide bonds. The van der Waals surface area contributed by atoms with Crippen molar-refractivity contribution in [1.29, 1.82) is 10.5 Å². The summed E-state index contributed by atoms with van der Waals surface area (Å²) in [4.78, 5) is 11.9. The van der Waals surface area contributed by atoms with E-state index < -0.39 is 17.3 Å². The molecule has 0 N–H and O–H groups in total. The molecule has 1 atom stereocenters. The normalized spacial score (nSPS) is 20.2. The molecule has 5 nitrogen and oxygen atoms in total. The number of esters is 1. The number of nitriles is 2. The molecule has 0 aliphatic heterocycles. The van der Waals surface area contributed by atoms with Crippen LogP contribution in [0.2, 0.25) is 0 Å². The van der Waals surface area contributed by atoms with Crippen LogP contribution in [0.25, 0.3) is 0 Å². The summed E-state index contributed by atoms with van der Waals surface area (Å²) in [7, 11) is 0. The van der Waals surface area contributed by atoms with Gasteiger partial charge in [-0.15, -0.1) is 0 Å². The number of rotatable bonds is 3. The molecule has 0 aromatic carbocycles. The lowest BCUT2D eigenvalue weighted by molar-refractivity contribution is -0.138. The second kappa shape index (κ2) is 4.99. The van der Waals surface area contributed by atoms with E-state index in [9.17, 15) is 15.3 Å². The van der Waals surface area contributed by atoms with Gasteiger partial charge in [0.05, 0.1) is 30.9 Å². The molecule has 1 aromatic rings. The minimum absolute atomic E-state index is 0.194. The Bertz CT molecular complexity index is 573.